The Kier molecular flexibility index (Phi) is 4.56. The van der Waals surface area contributed by atoms with E-state index in [4.69, 9.17) is 5.73 Å². The van der Waals surface area contributed by atoms with Crippen LogP contribution in [0.2, 0.25) is 0 Å². The minimum atomic E-state index is 0.882. The fraction of sp³-hybridized carbons (Fsp3) is 0.333. The summed E-state index contributed by atoms with van der Waals surface area (Å²) in [5.41, 5.74) is 6.35. The predicted octanol–water partition coefficient (Wildman–Crippen LogP) is 1.38. The Morgan fingerprint density at radius 1 is 1.88 bits per heavy atom. The Balaban J connectivity index is 3.44. The van der Waals surface area contributed by atoms with E-state index in [0.29, 0.717) is 0 Å². The number of thioether (sulfide) groups is 1. The minimum Gasteiger partial charge on any atom is -0.401 e. The lowest BCUT2D eigenvalue weighted by Crippen LogP contribution is -1.98. The topological polar surface area (TPSA) is 26.0 Å². The largest absolute Gasteiger partial charge is 0.401 e. The summed E-state index contributed by atoms with van der Waals surface area (Å²) in [6, 6.07) is 0. The van der Waals surface area contributed by atoms with Crippen molar-refractivity contribution < 1.29 is 0 Å². The number of rotatable bonds is 3. The van der Waals surface area contributed by atoms with Crippen molar-refractivity contribution in [3.8, 4) is 0 Å². The Bertz CT molecular complexity index is 96.7. The molecule has 0 aliphatic rings. The van der Waals surface area contributed by atoms with Gasteiger partial charge in [0.25, 0.3) is 0 Å². The third kappa shape index (κ3) is 3.81. The van der Waals surface area contributed by atoms with Crippen LogP contribution in [-0.2, 0) is 0 Å². The van der Waals surface area contributed by atoms with Gasteiger partial charge in [-0.15, -0.1) is 0 Å². The second kappa shape index (κ2) is 4.78. The van der Waals surface area contributed by atoms with Crippen LogP contribution < -0.4 is 5.73 Å². The van der Waals surface area contributed by atoms with Crippen molar-refractivity contribution in [2.45, 2.75) is 0 Å². The van der Waals surface area contributed by atoms with E-state index in [1.54, 1.807) is 17.8 Å². The van der Waals surface area contributed by atoms with Crippen LogP contribution in [0.1, 0.15) is 0 Å². The zero-order chi connectivity index (χ0) is 6.41. The van der Waals surface area contributed by atoms with Crippen molar-refractivity contribution in [3.63, 3.8) is 0 Å². The molecule has 0 radical (unpaired) electrons. The average molecular weight is 129 g/mol. The maximum Gasteiger partial charge on any atom is 0.0327 e. The van der Waals surface area contributed by atoms with Gasteiger partial charge in [-0.1, -0.05) is 12.7 Å². The lowest BCUT2D eigenvalue weighted by molar-refractivity contribution is 1.33. The van der Waals surface area contributed by atoms with E-state index in [1.807, 2.05) is 12.3 Å². The summed E-state index contributed by atoms with van der Waals surface area (Å²) < 4.78 is 0. The van der Waals surface area contributed by atoms with Gasteiger partial charge in [-0.2, -0.15) is 11.8 Å². The highest BCUT2D eigenvalue weighted by Gasteiger charge is 1.81. The van der Waals surface area contributed by atoms with E-state index in [1.165, 1.54) is 0 Å². The minimum absolute atomic E-state index is 0.882. The highest BCUT2D eigenvalue weighted by Crippen LogP contribution is 1.96. The highest BCUT2D eigenvalue weighted by atomic mass is 32.2. The maximum absolute atomic E-state index is 5.46. The summed E-state index contributed by atoms with van der Waals surface area (Å²) >= 11 is 1.71. The SMILES string of the molecule is C=C/C=C(/N)CSC. The molecule has 0 rings (SSSR count). The Hall–Kier alpha value is -0.370. The molecule has 2 N–H and O–H groups in total. The van der Waals surface area contributed by atoms with E-state index < -0.39 is 0 Å². The number of hydrogen-bond donors (Lipinski definition) is 1. The molecular weight excluding hydrogens is 118 g/mol. The third-order valence-electron chi connectivity index (χ3n) is 0.643. The monoisotopic (exact) mass is 129 g/mol. The van der Waals surface area contributed by atoms with Crippen LogP contribution in [-0.4, -0.2) is 12.0 Å². The molecule has 0 aromatic carbocycles. The second-order valence-corrected chi connectivity index (χ2v) is 2.28. The molecular formula is C6H11NS. The molecule has 0 heterocycles. The summed E-state index contributed by atoms with van der Waals surface area (Å²) in [5.74, 6) is 0.895. The summed E-state index contributed by atoms with van der Waals surface area (Å²) in [6.45, 7) is 3.52. The molecule has 0 aliphatic carbocycles. The van der Waals surface area contributed by atoms with E-state index >= 15 is 0 Å². The van der Waals surface area contributed by atoms with Crippen LogP contribution in [0.25, 0.3) is 0 Å². The molecule has 0 aromatic rings. The first-order valence-corrected chi connectivity index (χ1v) is 3.76. The van der Waals surface area contributed by atoms with Crippen molar-refractivity contribution in [2.24, 2.45) is 5.73 Å². The molecule has 0 amide bonds. The first-order chi connectivity index (χ1) is 3.81. The van der Waals surface area contributed by atoms with Crippen molar-refractivity contribution in [3.05, 3.63) is 24.4 Å². The van der Waals surface area contributed by atoms with Gasteiger partial charge >= 0.3 is 0 Å². The molecule has 46 valence electrons. The smallest absolute Gasteiger partial charge is 0.0327 e. The van der Waals surface area contributed by atoms with Gasteiger partial charge in [-0.05, 0) is 12.3 Å². The van der Waals surface area contributed by atoms with Crippen molar-refractivity contribution in [1.82, 2.24) is 0 Å². The Labute approximate surface area is 54.6 Å². The van der Waals surface area contributed by atoms with Gasteiger partial charge in [0.15, 0.2) is 0 Å². The van der Waals surface area contributed by atoms with Crippen molar-refractivity contribution in [1.29, 1.82) is 0 Å². The van der Waals surface area contributed by atoms with Gasteiger partial charge in [0.2, 0.25) is 0 Å². The van der Waals surface area contributed by atoms with Gasteiger partial charge in [0.1, 0.15) is 0 Å². The van der Waals surface area contributed by atoms with Gasteiger partial charge in [0, 0.05) is 11.4 Å². The van der Waals surface area contributed by atoms with Crippen LogP contribution in [0.3, 0.4) is 0 Å². The molecule has 2 heteroatoms. The predicted molar refractivity (Wildman–Crippen MR) is 40.8 cm³/mol. The molecule has 0 aromatic heterocycles. The lowest BCUT2D eigenvalue weighted by atomic mass is 10.4. The van der Waals surface area contributed by atoms with Crippen LogP contribution in [0.4, 0.5) is 0 Å². The molecule has 0 fully saturated rings. The van der Waals surface area contributed by atoms with Crippen LogP contribution in [0, 0.1) is 0 Å². The molecule has 1 nitrogen and oxygen atoms in total. The molecule has 0 atom stereocenters. The number of hydrogen-bond acceptors (Lipinski definition) is 2. The average Bonchev–Trinajstić information content (AvgIpc) is 1.68. The maximum atomic E-state index is 5.46. The third-order valence-corrected chi connectivity index (χ3v) is 1.26. The highest BCUT2D eigenvalue weighted by molar-refractivity contribution is 7.98. The zero-order valence-electron chi connectivity index (χ0n) is 5.05. The van der Waals surface area contributed by atoms with Crippen LogP contribution in [0.15, 0.2) is 24.4 Å². The summed E-state index contributed by atoms with van der Waals surface area (Å²) in [7, 11) is 0. The van der Waals surface area contributed by atoms with Gasteiger partial charge in [0.05, 0.1) is 0 Å². The standard InChI is InChI=1S/C6H11NS/c1-3-4-6(7)5-8-2/h3-4H,1,5,7H2,2H3/b6-4+. The molecule has 8 heavy (non-hydrogen) atoms. The summed E-state index contributed by atoms with van der Waals surface area (Å²) in [4.78, 5) is 0. The first-order valence-electron chi connectivity index (χ1n) is 2.37. The number of nitrogens with two attached hydrogens (primary N) is 1. The molecule has 0 saturated carbocycles. The molecule has 0 bridgehead atoms. The molecule has 0 unspecified atom stereocenters. The molecule has 0 saturated heterocycles. The fourth-order valence-electron chi connectivity index (χ4n) is 0.366. The van der Waals surface area contributed by atoms with Gasteiger partial charge in [-0.3, -0.25) is 0 Å². The lowest BCUT2D eigenvalue weighted by Gasteiger charge is -1.92. The van der Waals surface area contributed by atoms with Gasteiger partial charge in [-0.25, -0.2) is 0 Å². The molecule has 0 spiro atoms. The number of allylic oxidation sites excluding steroid dienone is 2. The Morgan fingerprint density at radius 3 is 2.88 bits per heavy atom. The van der Waals surface area contributed by atoms with Crippen LogP contribution in [0.5, 0.6) is 0 Å². The van der Waals surface area contributed by atoms with E-state index in [2.05, 4.69) is 6.58 Å². The first kappa shape index (κ1) is 7.63. The normalized spacial score (nSPS) is 11.4. The second-order valence-electron chi connectivity index (χ2n) is 1.41. The van der Waals surface area contributed by atoms with Crippen molar-refractivity contribution >= 4 is 11.8 Å². The Morgan fingerprint density at radius 2 is 2.50 bits per heavy atom. The van der Waals surface area contributed by atoms with E-state index in [0.717, 1.165) is 11.4 Å². The van der Waals surface area contributed by atoms with E-state index in [-0.39, 0.29) is 0 Å². The van der Waals surface area contributed by atoms with Gasteiger partial charge < -0.3 is 5.73 Å². The van der Waals surface area contributed by atoms with E-state index in [9.17, 15) is 0 Å². The summed E-state index contributed by atoms with van der Waals surface area (Å²) in [5, 5.41) is 0. The quantitative estimate of drug-likeness (QED) is 0.582. The fourth-order valence-corrected chi connectivity index (χ4v) is 0.796. The van der Waals surface area contributed by atoms with Crippen molar-refractivity contribution in [2.75, 3.05) is 12.0 Å². The molecule has 0 aliphatic heterocycles. The van der Waals surface area contributed by atoms with Crippen LogP contribution >= 0.6 is 11.8 Å². The zero-order valence-corrected chi connectivity index (χ0v) is 5.87. The summed E-state index contributed by atoms with van der Waals surface area (Å²) in [6.07, 6.45) is 5.53.